The zero-order valence-corrected chi connectivity index (χ0v) is 19.8. The van der Waals surface area contributed by atoms with Gasteiger partial charge in [-0.2, -0.15) is 20.3 Å². The Bertz CT molecular complexity index is 1230. The number of alkyl halides is 1. The fraction of sp³-hybridized carbons (Fsp3) is 0.280. The number of anilines is 2. The molecule has 0 radical (unpaired) electrons. The van der Waals surface area contributed by atoms with Crippen LogP contribution < -0.4 is 10.1 Å². The van der Waals surface area contributed by atoms with Crippen LogP contribution in [0.5, 0.6) is 5.75 Å². The molecule has 9 heteroatoms. The monoisotopic (exact) mass is 480 g/mol. The molecule has 0 aliphatic heterocycles. The van der Waals surface area contributed by atoms with E-state index in [2.05, 4.69) is 30.7 Å². The van der Waals surface area contributed by atoms with Crippen molar-refractivity contribution in [3.8, 4) is 16.9 Å². The van der Waals surface area contributed by atoms with Gasteiger partial charge in [0.1, 0.15) is 11.6 Å². The summed E-state index contributed by atoms with van der Waals surface area (Å²) in [5.74, 6) is 2.12. The number of ether oxygens (including phenoxy) is 1. The molecule has 0 fully saturated rings. The number of methoxy groups -OCH3 is 1. The van der Waals surface area contributed by atoms with Gasteiger partial charge in [-0.15, -0.1) is 11.6 Å². The molecule has 0 amide bonds. The van der Waals surface area contributed by atoms with Crippen LogP contribution in [0.2, 0.25) is 0 Å². The maximum atomic E-state index is 13.4. The number of aromatic amines is 1. The lowest BCUT2D eigenvalue weighted by Gasteiger charge is -2.14. The second kappa shape index (κ2) is 11.1. The van der Waals surface area contributed by atoms with Crippen LogP contribution in [0.4, 0.5) is 16.0 Å². The SMILES string of the molecule is COc1cc(Nc2nc(C(CCCCCl)c3ccc(F)cc3)n[nH]2)ccc1-c1cnnc(C)c1. The second-order valence-corrected chi connectivity index (χ2v) is 8.33. The number of nitrogens with one attached hydrogen (secondary N) is 2. The highest BCUT2D eigenvalue weighted by Gasteiger charge is 2.19. The molecule has 1 unspecified atom stereocenters. The second-order valence-electron chi connectivity index (χ2n) is 7.96. The van der Waals surface area contributed by atoms with Crippen LogP contribution in [-0.2, 0) is 0 Å². The van der Waals surface area contributed by atoms with Crippen molar-refractivity contribution in [1.29, 1.82) is 0 Å². The molecular weight excluding hydrogens is 455 g/mol. The lowest BCUT2D eigenvalue weighted by molar-refractivity contribution is 0.416. The Balaban J connectivity index is 1.55. The minimum Gasteiger partial charge on any atom is -0.496 e. The quantitative estimate of drug-likeness (QED) is 0.214. The van der Waals surface area contributed by atoms with Crippen LogP contribution in [-0.4, -0.2) is 38.4 Å². The number of benzene rings is 2. The molecule has 7 nitrogen and oxygen atoms in total. The summed E-state index contributed by atoms with van der Waals surface area (Å²) in [5, 5.41) is 18.7. The number of aryl methyl sites for hydroxylation is 1. The standard InChI is InChI=1S/C25H26ClFN6O/c1-16-13-18(15-28-31-16)21-11-10-20(14-23(21)34-2)29-25-30-24(32-33-25)22(5-3-4-12-26)17-6-8-19(27)9-7-17/h6-11,13-15,22H,3-5,12H2,1-2H3,(H2,29,30,32,33). The highest BCUT2D eigenvalue weighted by atomic mass is 35.5. The maximum Gasteiger partial charge on any atom is 0.223 e. The van der Waals surface area contributed by atoms with E-state index in [0.29, 0.717) is 23.4 Å². The third-order valence-electron chi connectivity index (χ3n) is 5.52. The summed E-state index contributed by atoms with van der Waals surface area (Å²) < 4.78 is 19.1. The molecular formula is C25H26ClFN6O. The van der Waals surface area contributed by atoms with Crippen LogP contribution >= 0.6 is 11.6 Å². The summed E-state index contributed by atoms with van der Waals surface area (Å²) in [5.41, 5.74) is 4.44. The molecule has 4 rings (SSSR count). The molecule has 0 saturated carbocycles. The number of aromatic nitrogens is 5. The van der Waals surface area contributed by atoms with E-state index in [1.54, 1.807) is 25.4 Å². The van der Waals surface area contributed by atoms with E-state index in [1.807, 2.05) is 31.2 Å². The van der Waals surface area contributed by atoms with Crippen LogP contribution in [0.25, 0.3) is 11.1 Å². The van der Waals surface area contributed by atoms with E-state index >= 15 is 0 Å². The molecule has 2 heterocycles. The Hall–Kier alpha value is -3.52. The highest BCUT2D eigenvalue weighted by molar-refractivity contribution is 6.17. The first-order valence-electron chi connectivity index (χ1n) is 11.1. The predicted octanol–water partition coefficient (Wildman–Crippen LogP) is 6.00. The number of hydrogen-bond acceptors (Lipinski definition) is 6. The third kappa shape index (κ3) is 5.69. The number of nitrogens with zero attached hydrogens (tertiary/aromatic N) is 4. The number of hydrogen-bond donors (Lipinski definition) is 2. The lowest BCUT2D eigenvalue weighted by Crippen LogP contribution is -2.04. The molecule has 2 N–H and O–H groups in total. The Morgan fingerprint density at radius 3 is 2.68 bits per heavy atom. The smallest absolute Gasteiger partial charge is 0.223 e. The number of halogens is 2. The summed E-state index contributed by atoms with van der Waals surface area (Å²) in [6.45, 7) is 1.90. The fourth-order valence-corrected chi connectivity index (χ4v) is 4.02. The minimum absolute atomic E-state index is 0.0602. The summed E-state index contributed by atoms with van der Waals surface area (Å²) in [4.78, 5) is 4.67. The van der Waals surface area contributed by atoms with Crippen LogP contribution in [0.1, 0.15) is 42.3 Å². The average Bonchev–Trinajstić information content (AvgIpc) is 3.30. The third-order valence-corrected chi connectivity index (χ3v) is 5.78. The van der Waals surface area contributed by atoms with E-state index in [-0.39, 0.29) is 11.7 Å². The van der Waals surface area contributed by atoms with Gasteiger partial charge in [-0.05, 0) is 55.7 Å². The molecule has 0 bridgehead atoms. The maximum absolute atomic E-state index is 13.4. The Morgan fingerprint density at radius 1 is 1.12 bits per heavy atom. The van der Waals surface area contributed by atoms with Crippen molar-refractivity contribution in [2.45, 2.75) is 32.1 Å². The van der Waals surface area contributed by atoms with Gasteiger partial charge in [0.05, 0.1) is 19.0 Å². The van der Waals surface area contributed by atoms with Gasteiger partial charge >= 0.3 is 0 Å². The number of unbranched alkanes of at least 4 members (excludes halogenated alkanes) is 1. The molecule has 0 aliphatic carbocycles. The van der Waals surface area contributed by atoms with E-state index in [9.17, 15) is 4.39 Å². The minimum atomic E-state index is -0.268. The Morgan fingerprint density at radius 2 is 1.94 bits per heavy atom. The van der Waals surface area contributed by atoms with Crippen molar-refractivity contribution < 1.29 is 9.13 Å². The zero-order chi connectivity index (χ0) is 23.9. The van der Waals surface area contributed by atoms with Gasteiger partial charge in [-0.25, -0.2) is 9.49 Å². The molecule has 34 heavy (non-hydrogen) atoms. The molecule has 4 aromatic rings. The highest BCUT2D eigenvalue weighted by Crippen LogP contribution is 2.33. The molecule has 1 atom stereocenters. The van der Waals surface area contributed by atoms with Crippen molar-refractivity contribution in [2.75, 3.05) is 18.3 Å². The van der Waals surface area contributed by atoms with Crippen molar-refractivity contribution in [1.82, 2.24) is 25.4 Å². The topological polar surface area (TPSA) is 88.6 Å². The van der Waals surface area contributed by atoms with E-state index < -0.39 is 0 Å². The molecule has 0 aliphatic rings. The number of rotatable bonds is 10. The van der Waals surface area contributed by atoms with Crippen molar-refractivity contribution >= 4 is 23.2 Å². The normalized spacial score (nSPS) is 11.9. The van der Waals surface area contributed by atoms with Gasteiger partial charge in [-0.3, -0.25) is 0 Å². The van der Waals surface area contributed by atoms with Gasteiger partial charge in [-0.1, -0.05) is 18.6 Å². The molecule has 2 aromatic carbocycles. The molecule has 2 aromatic heterocycles. The van der Waals surface area contributed by atoms with Crippen molar-refractivity contribution in [2.24, 2.45) is 0 Å². The van der Waals surface area contributed by atoms with Crippen LogP contribution in [0.15, 0.2) is 54.7 Å². The molecule has 176 valence electrons. The van der Waals surface area contributed by atoms with Crippen LogP contribution in [0.3, 0.4) is 0 Å². The van der Waals surface area contributed by atoms with Crippen LogP contribution in [0, 0.1) is 12.7 Å². The predicted molar refractivity (Wildman–Crippen MR) is 131 cm³/mol. The largest absolute Gasteiger partial charge is 0.496 e. The molecule has 0 spiro atoms. The first-order valence-corrected chi connectivity index (χ1v) is 11.6. The van der Waals surface area contributed by atoms with E-state index in [4.69, 9.17) is 16.3 Å². The zero-order valence-electron chi connectivity index (χ0n) is 19.1. The summed E-state index contributed by atoms with van der Waals surface area (Å²) in [6, 6.07) is 14.2. The first kappa shape index (κ1) is 23.6. The Kier molecular flexibility index (Phi) is 7.69. The molecule has 0 saturated heterocycles. The summed E-state index contributed by atoms with van der Waals surface area (Å²) >= 11 is 5.86. The van der Waals surface area contributed by atoms with Gasteiger partial charge in [0.25, 0.3) is 0 Å². The van der Waals surface area contributed by atoms with Gasteiger partial charge < -0.3 is 10.1 Å². The van der Waals surface area contributed by atoms with Crippen molar-refractivity contribution in [3.05, 3.63) is 77.6 Å². The number of H-pyrrole nitrogens is 1. The van der Waals surface area contributed by atoms with Crippen molar-refractivity contribution in [3.63, 3.8) is 0 Å². The van der Waals surface area contributed by atoms with E-state index in [1.165, 1.54) is 12.1 Å². The Labute approximate surface area is 202 Å². The van der Waals surface area contributed by atoms with Gasteiger partial charge in [0.2, 0.25) is 5.95 Å². The van der Waals surface area contributed by atoms with Gasteiger partial charge in [0.15, 0.2) is 5.82 Å². The summed E-state index contributed by atoms with van der Waals surface area (Å²) in [6.07, 6.45) is 4.34. The van der Waals surface area contributed by atoms with Gasteiger partial charge in [0, 0.05) is 34.7 Å². The van der Waals surface area contributed by atoms with E-state index in [0.717, 1.165) is 47.3 Å². The lowest BCUT2D eigenvalue weighted by atomic mass is 9.93. The first-order chi connectivity index (χ1) is 16.6. The average molecular weight is 481 g/mol. The summed E-state index contributed by atoms with van der Waals surface area (Å²) in [7, 11) is 1.63. The fourth-order valence-electron chi connectivity index (χ4n) is 3.83.